The van der Waals surface area contributed by atoms with Gasteiger partial charge in [-0.1, -0.05) is 24.3 Å². The molecular formula is C21H26N6O2. The molecule has 0 amide bonds. The van der Waals surface area contributed by atoms with Crippen molar-refractivity contribution in [1.29, 1.82) is 0 Å². The first-order chi connectivity index (χ1) is 14.2. The highest BCUT2D eigenvalue weighted by atomic mass is 16.5. The van der Waals surface area contributed by atoms with Gasteiger partial charge in [-0.05, 0) is 42.3 Å². The van der Waals surface area contributed by atoms with E-state index < -0.39 is 0 Å². The van der Waals surface area contributed by atoms with Crippen LogP contribution < -0.4 is 25.4 Å². The van der Waals surface area contributed by atoms with E-state index in [0.29, 0.717) is 30.9 Å². The minimum absolute atomic E-state index is 0.504. The zero-order valence-corrected chi connectivity index (χ0v) is 16.9. The summed E-state index contributed by atoms with van der Waals surface area (Å²) in [5.41, 5.74) is 2.20. The Bertz CT molecular complexity index is 830. The molecule has 0 radical (unpaired) electrons. The highest BCUT2D eigenvalue weighted by molar-refractivity contribution is 5.43. The Morgan fingerprint density at radius 3 is 1.34 bits per heavy atom. The average Bonchev–Trinajstić information content (AvgIpc) is 2.77. The first-order valence-electron chi connectivity index (χ1n) is 9.43. The number of anilines is 3. The second kappa shape index (κ2) is 10.1. The summed E-state index contributed by atoms with van der Waals surface area (Å²) in [6.07, 6.45) is 0. The molecule has 29 heavy (non-hydrogen) atoms. The summed E-state index contributed by atoms with van der Waals surface area (Å²) in [4.78, 5) is 13.3. The normalized spacial score (nSPS) is 10.3. The number of ether oxygens (including phenoxy) is 2. The summed E-state index contributed by atoms with van der Waals surface area (Å²) in [5, 5.41) is 9.64. The van der Waals surface area contributed by atoms with Crippen molar-refractivity contribution in [2.75, 3.05) is 36.7 Å². The third-order valence-corrected chi connectivity index (χ3v) is 4.19. The second-order valence-electron chi connectivity index (χ2n) is 6.24. The van der Waals surface area contributed by atoms with Gasteiger partial charge in [0.1, 0.15) is 11.5 Å². The van der Waals surface area contributed by atoms with E-state index in [2.05, 4.69) is 30.9 Å². The van der Waals surface area contributed by atoms with Gasteiger partial charge in [-0.25, -0.2) is 0 Å². The SMILES string of the molecule is CCNc1nc(NCc2ccc(OC)cc2)nc(NCc2ccc(OC)cc2)n1. The third kappa shape index (κ3) is 5.97. The molecule has 0 aliphatic heterocycles. The van der Waals surface area contributed by atoms with E-state index in [-0.39, 0.29) is 0 Å². The van der Waals surface area contributed by atoms with Crippen LogP contribution in [0, 0.1) is 0 Å². The van der Waals surface area contributed by atoms with Crippen molar-refractivity contribution in [2.45, 2.75) is 20.0 Å². The lowest BCUT2D eigenvalue weighted by Gasteiger charge is -2.11. The molecule has 3 rings (SSSR count). The average molecular weight is 394 g/mol. The van der Waals surface area contributed by atoms with Gasteiger partial charge < -0.3 is 25.4 Å². The van der Waals surface area contributed by atoms with Gasteiger partial charge in [-0.15, -0.1) is 0 Å². The summed E-state index contributed by atoms with van der Waals surface area (Å²) in [5.74, 6) is 3.19. The molecular weight excluding hydrogens is 368 g/mol. The summed E-state index contributed by atoms with van der Waals surface area (Å²) in [7, 11) is 3.31. The lowest BCUT2D eigenvalue weighted by molar-refractivity contribution is 0.414. The van der Waals surface area contributed by atoms with Crippen molar-refractivity contribution in [3.8, 4) is 11.5 Å². The number of methoxy groups -OCH3 is 2. The first-order valence-corrected chi connectivity index (χ1v) is 9.43. The zero-order valence-electron chi connectivity index (χ0n) is 16.9. The van der Waals surface area contributed by atoms with Crippen LogP contribution in [-0.2, 0) is 13.1 Å². The lowest BCUT2D eigenvalue weighted by Crippen LogP contribution is -2.12. The van der Waals surface area contributed by atoms with Gasteiger partial charge in [0.2, 0.25) is 17.8 Å². The Morgan fingerprint density at radius 2 is 1.00 bits per heavy atom. The maximum absolute atomic E-state index is 5.19. The topological polar surface area (TPSA) is 93.2 Å². The Hall–Kier alpha value is -3.55. The van der Waals surface area contributed by atoms with E-state index in [1.165, 1.54) is 0 Å². The molecule has 0 aliphatic rings. The van der Waals surface area contributed by atoms with Crippen LogP contribution in [0.15, 0.2) is 48.5 Å². The Labute approximate surface area is 170 Å². The van der Waals surface area contributed by atoms with Gasteiger partial charge in [0.25, 0.3) is 0 Å². The van der Waals surface area contributed by atoms with Crippen molar-refractivity contribution >= 4 is 17.8 Å². The summed E-state index contributed by atoms with van der Waals surface area (Å²) < 4.78 is 10.4. The molecule has 0 spiro atoms. The maximum Gasteiger partial charge on any atom is 0.229 e. The van der Waals surface area contributed by atoms with Crippen LogP contribution in [0.2, 0.25) is 0 Å². The van der Waals surface area contributed by atoms with E-state index in [1.54, 1.807) is 14.2 Å². The first kappa shape index (κ1) is 20.2. The highest BCUT2D eigenvalue weighted by Gasteiger charge is 2.07. The van der Waals surface area contributed by atoms with Crippen molar-refractivity contribution < 1.29 is 9.47 Å². The van der Waals surface area contributed by atoms with Gasteiger partial charge in [-0.2, -0.15) is 15.0 Å². The fraction of sp³-hybridized carbons (Fsp3) is 0.286. The lowest BCUT2D eigenvalue weighted by atomic mass is 10.2. The molecule has 0 fully saturated rings. The summed E-state index contributed by atoms with van der Waals surface area (Å²) in [6.45, 7) is 3.91. The molecule has 1 heterocycles. The zero-order chi connectivity index (χ0) is 20.5. The Kier molecular flexibility index (Phi) is 7.05. The predicted molar refractivity (Wildman–Crippen MR) is 115 cm³/mol. The molecule has 1 aromatic heterocycles. The van der Waals surface area contributed by atoms with E-state index in [9.17, 15) is 0 Å². The molecule has 0 bridgehead atoms. The van der Waals surface area contributed by atoms with Gasteiger partial charge in [0.05, 0.1) is 14.2 Å². The molecule has 2 aromatic carbocycles. The van der Waals surface area contributed by atoms with Gasteiger partial charge in [0, 0.05) is 19.6 Å². The van der Waals surface area contributed by atoms with E-state index in [4.69, 9.17) is 9.47 Å². The summed E-state index contributed by atoms with van der Waals surface area (Å²) in [6, 6.07) is 15.7. The number of aromatic nitrogens is 3. The van der Waals surface area contributed by atoms with E-state index in [1.807, 2.05) is 55.5 Å². The van der Waals surface area contributed by atoms with Crippen molar-refractivity contribution in [3.63, 3.8) is 0 Å². The second-order valence-corrected chi connectivity index (χ2v) is 6.24. The number of hydrogen-bond donors (Lipinski definition) is 3. The summed E-state index contributed by atoms with van der Waals surface area (Å²) >= 11 is 0. The van der Waals surface area contributed by atoms with Crippen LogP contribution in [-0.4, -0.2) is 35.7 Å². The Morgan fingerprint density at radius 1 is 0.621 bits per heavy atom. The molecule has 0 unspecified atom stereocenters. The van der Waals surface area contributed by atoms with Crippen LogP contribution in [0.25, 0.3) is 0 Å². The smallest absolute Gasteiger partial charge is 0.229 e. The number of nitrogens with zero attached hydrogens (tertiary/aromatic N) is 3. The van der Waals surface area contributed by atoms with Gasteiger partial charge in [-0.3, -0.25) is 0 Å². The predicted octanol–water partition coefficient (Wildman–Crippen LogP) is 3.54. The van der Waals surface area contributed by atoms with Crippen LogP contribution in [0.3, 0.4) is 0 Å². The van der Waals surface area contributed by atoms with Crippen LogP contribution in [0.5, 0.6) is 11.5 Å². The van der Waals surface area contributed by atoms with Crippen molar-refractivity contribution in [1.82, 2.24) is 15.0 Å². The maximum atomic E-state index is 5.19. The molecule has 0 atom stereocenters. The van der Waals surface area contributed by atoms with Gasteiger partial charge in [0.15, 0.2) is 0 Å². The minimum atomic E-state index is 0.504. The van der Waals surface area contributed by atoms with Gasteiger partial charge >= 0.3 is 0 Å². The molecule has 0 saturated heterocycles. The molecule has 8 heteroatoms. The van der Waals surface area contributed by atoms with E-state index in [0.717, 1.165) is 29.2 Å². The largest absolute Gasteiger partial charge is 0.497 e. The van der Waals surface area contributed by atoms with Crippen LogP contribution in [0.4, 0.5) is 17.8 Å². The molecule has 152 valence electrons. The standard InChI is InChI=1S/C21H26N6O2/c1-4-22-19-25-20(23-13-15-5-9-17(28-2)10-6-15)27-21(26-19)24-14-16-7-11-18(29-3)12-8-16/h5-12H,4,13-14H2,1-3H3,(H3,22,23,24,25,26,27). The minimum Gasteiger partial charge on any atom is -0.497 e. The van der Waals surface area contributed by atoms with E-state index >= 15 is 0 Å². The quantitative estimate of drug-likeness (QED) is 0.481. The monoisotopic (exact) mass is 394 g/mol. The fourth-order valence-electron chi connectivity index (χ4n) is 2.62. The molecule has 0 saturated carbocycles. The van der Waals surface area contributed by atoms with Crippen molar-refractivity contribution in [2.24, 2.45) is 0 Å². The third-order valence-electron chi connectivity index (χ3n) is 4.19. The molecule has 0 aliphatic carbocycles. The molecule has 3 N–H and O–H groups in total. The molecule has 3 aromatic rings. The highest BCUT2D eigenvalue weighted by Crippen LogP contribution is 2.15. The number of nitrogens with one attached hydrogen (secondary N) is 3. The number of benzene rings is 2. The van der Waals surface area contributed by atoms with Crippen LogP contribution >= 0.6 is 0 Å². The van der Waals surface area contributed by atoms with Crippen molar-refractivity contribution in [3.05, 3.63) is 59.7 Å². The Balaban J connectivity index is 1.66. The molecule has 8 nitrogen and oxygen atoms in total. The number of hydrogen-bond acceptors (Lipinski definition) is 8. The van der Waals surface area contributed by atoms with Crippen LogP contribution in [0.1, 0.15) is 18.1 Å². The fourth-order valence-corrected chi connectivity index (χ4v) is 2.62. The number of rotatable bonds is 10.